The molecule has 2 heterocycles. The van der Waals surface area contributed by atoms with Crippen LogP contribution in [0.2, 0.25) is 0 Å². The highest BCUT2D eigenvalue weighted by Crippen LogP contribution is 2.14. The van der Waals surface area contributed by atoms with Crippen molar-refractivity contribution in [3.63, 3.8) is 0 Å². The van der Waals surface area contributed by atoms with Crippen LogP contribution in [0.1, 0.15) is 12.8 Å². The molecule has 0 radical (unpaired) electrons. The molecule has 2 fully saturated rings. The van der Waals surface area contributed by atoms with Crippen molar-refractivity contribution in [2.45, 2.75) is 12.8 Å². The molecule has 19 heavy (non-hydrogen) atoms. The van der Waals surface area contributed by atoms with Crippen molar-refractivity contribution in [1.82, 2.24) is 20.0 Å². The van der Waals surface area contributed by atoms with E-state index in [0.29, 0.717) is 11.8 Å². The van der Waals surface area contributed by atoms with Crippen molar-refractivity contribution in [2.24, 2.45) is 5.92 Å². The molecule has 0 aromatic heterocycles. The van der Waals surface area contributed by atoms with Crippen LogP contribution < -0.4 is 5.32 Å². The maximum absolute atomic E-state index is 12.2. The molecule has 0 aromatic rings. The standard InChI is InChI=1S/C14H28N4O/c1-16(2)5-6-17-7-9-18(10-8-17)14(19)11-13-3-4-15-12-13/h13,15H,3-12H2,1-2H3. The van der Waals surface area contributed by atoms with Crippen molar-refractivity contribution in [3.05, 3.63) is 0 Å². The van der Waals surface area contributed by atoms with E-state index in [1.54, 1.807) is 0 Å². The van der Waals surface area contributed by atoms with Gasteiger partial charge in [-0.2, -0.15) is 0 Å². The highest BCUT2D eigenvalue weighted by molar-refractivity contribution is 5.76. The predicted octanol–water partition coefficient (Wildman–Crippen LogP) is -0.308. The predicted molar refractivity (Wildman–Crippen MR) is 77.2 cm³/mol. The lowest BCUT2D eigenvalue weighted by Gasteiger charge is -2.35. The van der Waals surface area contributed by atoms with E-state index in [4.69, 9.17) is 0 Å². The van der Waals surface area contributed by atoms with E-state index in [1.807, 2.05) is 0 Å². The topological polar surface area (TPSA) is 38.8 Å². The lowest BCUT2D eigenvalue weighted by Crippen LogP contribution is -2.50. The van der Waals surface area contributed by atoms with Gasteiger partial charge in [0.25, 0.3) is 0 Å². The van der Waals surface area contributed by atoms with Crippen LogP contribution in [0.4, 0.5) is 0 Å². The van der Waals surface area contributed by atoms with Crippen LogP contribution in [0.5, 0.6) is 0 Å². The fraction of sp³-hybridized carbons (Fsp3) is 0.929. The molecule has 1 amide bonds. The average Bonchev–Trinajstić information content (AvgIpc) is 2.89. The molecule has 1 N–H and O–H groups in total. The fourth-order valence-corrected chi connectivity index (χ4v) is 2.83. The summed E-state index contributed by atoms with van der Waals surface area (Å²) in [6, 6.07) is 0. The SMILES string of the molecule is CN(C)CCN1CCN(C(=O)CC2CCNC2)CC1. The van der Waals surface area contributed by atoms with Gasteiger partial charge in [-0.3, -0.25) is 9.69 Å². The summed E-state index contributed by atoms with van der Waals surface area (Å²) >= 11 is 0. The molecule has 5 nitrogen and oxygen atoms in total. The van der Waals surface area contributed by atoms with Crippen LogP contribution in [0, 0.1) is 5.92 Å². The number of nitrogens with zero attached hydrogens (tertiary/aromatic N) is 3. The Kier molecular flexibility index (Phi) is 5.60. The summed E-state index contributed by atoms with van der Waals surface area (Å²) in [4.78, 5) is 18.9. The van der Waals surface area contributed by atoms with Crippen LogP contribution in [0.15, 0.2) is 0 Å². The zero-order valence-corrected chi connectivity index (χ0v) is 12.4. The van der Waals surface area contributed by atoms with Crippen LogP contribution in [-0.4, -0.2) is 87.1 Å². The largest absolute Gasteiger partial charge is 0.340 e. The molecule has 5 heteroatoms. The van der Waals surface area contributed by atoms with Crippen molar-refractivity contribution >= 4 is 5.91 Å². The molecule has 1 atom stereocenters. The number of rotatable bonds is 5. The summed E-state index contributed by atoms with van der Waals surface area (Å²) in [5.41, 5.74) is 0. The van der Waals surface area contributed by atoms with Crippen LogP contribution in [-0.2, 0) is 4.79 Å². The summed E-state index contributed by atoms with van der Waals surface area (Å²) in [5.74, 6) is 0.931. The monoisotopic (exact) mass is 268 g/mol. The van der Waals surface area contributed by atoms with Crippen LogP contribution >= 0.6 is 0 Å². The van der Waals surface area contributed by atoms with Gasteiger partial charge in [0.1, 0.15) is 0 Å². The molecule has 110 valence electrons. The van der Waals surface area contributed by atoms with Crippen LogP contribution in [0.25, 0.3) is 0 Å². The number of hydrogen-bond acceptors (Lipinski definition) is 4. The molecule has 0 aliphatic carbocycles. The molecule has 1 unspecified atom stereocenters. The van der Waals surface area contributed by atoms with Gasteiger partial charge >= 0.3 is 0 Å². The van der Waals surface area contributed by atoms with E-state index in [9.17, 15) is 4.79 Å². The van der Waals surface area contributed by atoms with Gasteiger partial charge in [0.15, 0.2) is 0 Å². The Balaban J connectivity index is 1.65. The van der Waals surface area contributed by atoms with Gasteiger partial charge in [-0.15, -0.1) is 0 Å². The second kappa shape index (κ2) is 7.22. The molecule has 2 aliphatic rings. The third-order valence-electron chi connectivity index (χ3n) is 4.21. The van der Waals surface area contributed by atoms with E-state index >= 15 is 0 Å². The highest BCUT2D eigenvalue weighted by atomic mass is 16.2. The van der Waals surface area contributed by atoms with Crippen molar-refractivity contribution < 1.29 is 4.79 Å². The van der Waals surface area contributed by atoms with Gasteiger partial charge < -0.3 is 15.1 Å². The van der Waals surface area contributed by atoms with E-state index in [-0.39, 0.29) is 0 Å². The Morgan fingerprint density at radius 2 is 2.00 bits per heavy atom. The molecule has 2 saturated heterocycles. The molecular formula is C14H28N4O. The molecular weight excluding hydrogens is 240 g/mol. The van der Waals surface area contributed by atoms with Gasteiger partial charge in [-0.1, -0.05) is 0 Å². The number of carbonyl (C=O) groups is 1. The third kappa shape index (κ3) is 4.75. The normalized spacial score (nSPS) is 25.2. The first-order chi connectivity index (χ1) is 9.15. The van der Waals surface area contributed by atoms with E-state index < -0.39 is 0 Å². The summed E-state index contributed by atoms with van der Waals surface area (Å²) in [7, 11) is 4.21. The summed E-state index contributed by atoms with van der Waals surface area (Å²) < 4.78 is 0. The van der Waals surface area contributed by atoms with E-state index in [2.05, 4.69) is 34.1 Å². The number of likely N-dealkylation sites (N-methyl/N-ethyl adjacent to an activating group) is 1. The minimum absolute atomic E-state index is 0.362. The summed E-state index contributed by atoms with van der Waals surface area (Å²) in [6.45, 7) is 8.19. The second-order valence-corrected chi connectivity index (χ2v) is 6.09. The van der Waals surface area contributed by atoms with Crippen molar-refractivity contribution in [1.29, 1.82) is 0 Å². The van der Waals surface area contributed by atoms with E-state index in [1.165, 1.54) is 0 Å². The van der Waals surface area contributed by atoms with Gasteiger partial charge in [0.05, 0.1) is 0 Å². The van der Waals surface area contributed by atoms with Crippen molar-refractivity contribution in [3.8, 4) is 0 Å². The minimum Gasteiger partial charge on any atom is -0.340 e. The number of hydrogen-bond donors (Lipinski definition) is 1. The molecule has 0 saturated carbocycles. The zero-order chi connectivity index (χ0) is 13.7. The first-order valence-electron chi connectivity index (χ1n) is 7.50. The number of amides is 1. The number of carbonyl (C=O) groups excluding carboxylic acids is 1. The molecule has 0 spiro atoms. The Bertz CT molecular complexity index is 281. The van der Waals surface area contributed by atoms with Gasteiger partial charge in [-0.25, -0.2) is 0 Å². The maximum atomic E-state index is 12.2. The number of piperazine rings is 1. The maximum Gasteiger partial charge on any atom is 0.222 e. The summed E-state index contributed by atoms with van der Waals surface area (Å²) in [5, 5.41) is 3.33. The van der Waals surface area contributed by atoms with Gasteiger partial charge in [-0.05, 0) is 39.5 Å². The first-order valence-corrected chi connectivity index (χ1v) is 7.50. The Morgan fingerprint density at radius 1 is 1.26 bits per heavy atom. The lowest BCUT2D eigenvalue weighted by molar-refractivity contribution is -0.133. The summed E-state index contributed by atoms with van der Waals surface area (Å²) in [6.07, 6.45) is 1.90. The molecule has 2 rings (SSSR count). The van der Waals surface area contributed by atoms with Gasteiger partial charge in [0, 0.05) is 45.7 Å². The zero-order valence-electron chi connectivity index (χ0n) is 12.4. The average molecular weight is 268 g/mol. The first kappa shape index (κ1) is 14.8. The molecule has 0 aromatic carbocycles. The fourth-order valence-electron chi connectivity index (χ4n) is 2.83. The van der Waals surface area contributed by atoms with E-state index in [0.717, 1.165) is 65.2 Å². The Hall–Kier alpha value is -0.650. The smallest absolute Gasteiger partial charge is 0.222 e. The molecule has 0 bridgehead atoms. The highest BCUT2D eigenvalue weighted by Gasteiger charge is 2.24. The molecule has 2 aliphatic heterocycles. The van der Waals surface area contributed by atoms with Crippen molar-refractivity contribution in [2.75, 3.05) is 66.5 Å². The Labute approximate surface area is 116 Å². The second-order valence-electron chi connectivity index (χ2n) is 6.09. The van der Waals surface area contributed by atoms with Crippen LogP contribution in [0.3, 0.4) is 0 Å². The Morgan fingerprint density at radius 3 is 2.58 bits per heavy atom. The van der Waals surface area contributed by atoms with Gasteiger partial charge in [0.2, 0.25) is 5.91 Å². The lowest BCUT2D eigenvalue weighted by atomic mass is 10.0. The third-order valence-corrected chi connectivity index (χ3v) is 4.21. The minimum atomic E-state index is 0.362. The number of nitrogens with one attached hydrogen (secondary N) is 1. The quantitative estimate of drug-likeness (QED) is 0.742.